The van der Waals surface area contributed by atoms with Crippen molar-refractivity contribution in [1.29, 1.82) is 0 Å². The van der Waals surface area contributed by atoms with E-state index in [0.717, 1.165) is 17.5 Å². The number of rotatable bonds is 6. The van der Waals surface area contributed by atoms with Crippen LogP contribution in [0.5, 0.6) is 0 Å². The Labute approximate surface area is 116 Å². The average molecular weight is 285 g/mol. The predicted molar refractivity (Wildman–Crippen MR) is 73.1 cm³/mol. The zero-order valence-corrected chi connectivity index (χ0v) is 12.2. The lowest BCUT2D eigenvalue weighted by atomic mass is 9.92. The Hall–Kier alpha value is -1.50. The predicted octanol–water partition coefficient (Wildman–Crippen LogP) is 1.23. The molecule has 1 aromatic rings. The summed E-state index contributed by atoms with van der Waals surface area (Å²) in [6, 6.07) is 0. The minimum Gasteiger partial charge on any atom is -0.481 e. The molecule has 0 bridgehead atoms. The molecule has 0 spiro atoms. The lowest BCUT2D eigenvalue weighted by Gasteiger charge is -2.21. The Morgan fingerprint density at radius 2 is 2.11 bits per heavy atom. The van der Waals surface area contributed by atoms with Gasteiger partial charge in [-0.3, -0.25) is 9.59 Å². The van der Waals surface area contributed by atoms with Gasteiger partial charge in [0.25, 0.3) is 0 Å². The quantitative estimate of drug-likeness (QED) is 0.766. The van der Waals surface area contributed by atoms with Crippen LogP contribution in [0.4, 0.5) is 0 Å². The zero-order chi connectivity index (χ0) is 14.6. The van der Waals surface area contributed by atoms with Gasteiger partial charge in [-0.25, -0.2) is 4.98 Å². The summed E-state index contributed by atoms with van der Waals surface area (Å²) in [6.45, 7) is 6.53. The van der Waals surface area contributed by atoms with Crippen LogP contribution in [0.1, 0.15) is 32.9 Å². The first-order valence-electron chi connectivity index (χ1n) is 5.90. The molecule has 6 nitrogen and oxygen atoms in total. The van der Waals surface area contributed by atoms with E-state index >= 15 is 0 Å². The number of carboxylic acid groups (broad SMARTS) is 1. The maximum absolute atomic E-state index is 10.9. The number of aliphatic carboxylic acids is 1. The number of carbonyl (C=O) groups excluding carboxylic acids is 1. The number of imidazole rings is 1. The molecule has 7 heteroatoms. The third kappa shape index (κ3) is 4.59. The number of aromatic nitrogens is 2. The van der Waals surface area contributed by atoms with Crippen molar-refractivity contribution in [2.45, 2.75) is 44.3 Å². The lowest BCUT2D eigenvalue weighted by molar-refractivity contribution is -0.134. The van der Waals surface area contributed by atoms with Crippen molar-refractivity contribution in [3.63, 3.8) is 0 Å². The number of carboxylic acids is 1. The smallest absolute Gasteiger partial charge is 0.313 e. The first-order chi connectivity index (χ1) is 8.71. The van der Waals surface area contributed by atoms with Gasteiger partial charge in [0, 0.05) is 30.3 Å². The Bertz CT molecular complexity index is 477. The lowest BCUT2D eigenvalue weighted by Crippen LogP contribution is -2.21. The topological polar surface area (TPSA) is 98.2 Å². The van der Waals surface area contributed by atoms with Gasteiger partial charge in [0.1, 0.15) is 0 Å². The largest absolute Gasteiger partial charge is 0.481 e. The molecule has 106 valence electrons. The van der Waals surface area contributed by atoms with Gasteiger partial charge in [-0.1, -0.05) is 32.5 Å². The molecular formula is C12H19N3O3S. The second-order valence-electron chi connectivity index (χ2n) is 5.23. The van der Waals surface area contributed by atoms with Crippen molar-refractivity contribution < 1.29 is 14.7 Å². The van der Waals surface area contributed by atoms with E-state index in [1.807, 2.05) is 25.3 Å². The molecule has 0 aliphatic rings. The first-order valence-corrected chi connectivity index (χ1v) is 6.89. The molecule has 0 radical (unpaired) electrons. The standard InChI is InChI=1S/C12H19N3O3S/c1-12(2,3)8-6-14-11(19-7-10(17)18)15(8)5-4-9(13)16/h6H,4-5,7H2,1-3H3,(H2,13,16)(H,17,18). The van der Waals surface area contributed by atoms with Crippen molar-refractivity contribution >= 4 is 23.6 Å². The molecule has 0 unspecified atom stereocenters. The van der Waals surface area contributed by atoms with Gasteiger partial charge in [0.15, 0.2) is 5.16 Å². The molecule has 1 aromatic heterocycles. The minimum absolute atomic E-state index is 0.0584. The molecule has 3 N–H and O–H groups in total. The number of nitrogens with zero attached hydrogens (tertiary/aromatic N) is 2. The minimum atomic E-state index is -0.897. The van der Waals surface area contributed by atoms with Crippen LogP contribution in [0.3, 0.4) is 0 Å². The maximum Gasteiger partial charge on any atom is 0.313 e. The van der Waals surface area contributed by atoms with Gasteiger partial charge in [-0.15, -0.1) is 0 Å². The fraction of sp³-hybridized carbons (Fsp3) is 0.583. The van der Waals surface area contributed by atoms with Crippen LogP contribution in [-0.4, -0.2) is 32.3 Å². The molecule has 1 rings (SSSR count). The normalized spacial score (nSPS) is 11.5. The van der Waals surface area contributed by atoms with E-state index in [2.05, 4.69) is 4.98 Å². The zero-order valence-electron chi connectivity index (χ0n) is 11.3. The fourth-order valence-corrected chi connectivity index (χ4v) is 2.36. The summed E-state index contributed by atoms with van der Waals surface area (Å²) < 4.78 is 1.87. The van der Waals surface area contributed by atoms with Crippen LogP contribution in [-0.2, 0) is 21.5 Å². The molecule has 0 fully saturated rings. The van der Waals surface area contributed by atoms with Gasteiger partial charge in [-0.05, 0) is 0 Å². The molecule has 1 amide bonds. The third-order valence-electron chi connectivity index (χ3n) is 2.49. The Balaban J connectivity index is 2.99. The molecule has 0 aliphatic heterocycles. The van der Waals surface area contributed by atoms with E-state index in [1.165, 1.54) is 0 Å². The Morgan fingerprint density at radius 1 is 1.47 bits per heavy atom. The van der Waals surface area contributed by atoms with E-state index in [0.29, 0.717) is 11.7 Å². The molecule has 0 aliphatic carbocycles. The molecule has 0 aromatic carbocycles. The van der Waals surface area contributed by atoms with Crippen molar-refractivity contribution in [2.75, 3.05) is 5.75 Å². The Morgan fingerprint density at radius 3 is 2.58 bits per heavy atom. The van der Waals surface area contributed by atoms with Gasteiger partial charge in [0.2, 0.25) is 5.91 Å². The summed E-state index contributed by atoms with van der Waals surface area (Å²) in [7, 11) is 0. The fourth-order valence-electron chi connectivity index (χ4n) is 1.64. The van der Waals surface area contributed by atoms with Crippen molar-refractivity contribution in [1.82, 2.24) is 9.55 Å². The average Bonchev–Trinajstić information content (AvgIpc) is 2.65. The summed E-state index contributed by atoms with van der Waals surface area (Å²) in [5, 5.41) is 9.32. The van der Waals surface area contributed by atoms with Gasteiger partial charge < -0.3 is 15.4 Å². The number of carbonyl (C=O) groups is 2. The summed E-state index contributed by atoms with van der Waals surface area (Å²) in [4.78, 5) is 25.8. The number of thioether (sulfide) groups is 1. The van der Waals surface area contributed by atoms with Crippen LogP contribution in [0, 0.1) is 0 Å². The summed E-state index contributed by atoms with van der Waals surface area (Å²) in [6.07, 6.45) is 1.94. The van der Waals surface area contributed by atoms with Crippen LogP contribution in [0.2, 0.25) is 0 Å². The maximum atomic E-state index is 10.9. The molecule has 1 heterocycles. The van der Waals surface area contributed by atoms with Crippen LogP contribution in [0.15, 0.2) is 11.4 Å². The van der Waals surface area contributed by atoms with E-state index in [-0.39, 0.29) is 23.5 Å². The number of primary amides is 1. The van der Waals surface area contributed by atoms with Crippen LogP contribution >= 0.6 is 11.8 Å². The SMILES string of the molecule is CC(C)(C)c1cnc(SCC(=O)O)n1CCC(N)=O. The third-order valence-corrected chi connectivity index (χ3v) is 3.47. The monoisotopic (exact) mass is 285 g/mol. The number of hydrogen-bond donors (Lipinski definition) is 2. The van der Waals surface area contributed by atoms with Gasteiger partial charge in [-0.2, -0.15) is 0 Å². The van der Waals surface area contributed by atoms with E-state index in [4.69, 9.17) is 10.8 Å². The van der Waals surface area contributed by atoms with Gasteiger partial charge in [0.05, 0.1) is 5.75 Å². The Kier molecular flexibility index (Phi) is 4.99. The molecule has 0 saturated heterocycles. The molecule has 0 saturated carbocycles. The number of amides is 1. The highest BCUT2D eigenvalue weighted by Crippen LogP contribution is 2.27. The van der Waals surface area contributed by atoms with Crippen molar-refractivity contribution in [3.05, 3.63) is 11.9 Å². The van der Waals surface area contributed by atoms with E-state index in [1.54, 1.807) is 6.20 Å². The highest BCUT2D eigenvalue weighted by Gasteiger charge is 2.22. The highest BCUT2D eigenvalue weighted by atomic mass is 32.2. The second kappa shape index (κ2) is 6.10. The van der Waals surface area contributed by atoms with Crippen molar-refractivity contribution in [2.24, 2.45) is 5.73 Å². The molecule has 0 atom stereocenters. The van der Waals surface area contributed by atoms with Gasteiger partial charge >= 0.3 is 5.97 Å². The molecule has 19 heavy (non-hydrogen) atoms. The van der Waals surface area contributed by atoms with Crippen LogP contribution in [0.25, 0.3) is 0 Å². The summed E-state index contributed by atoms with van der Waals surface area (Å²) in [5.74, 6) is -1.34. The highest BCUT2D eigenvalue weighted by molar-refractivity contribution is 7.99. The van der Waals surface area contributed by atoms with E-state index < -0.39 is 5.97 Å². The molecular weight excluding hydrogens is 266 g/mol. The second-order valence-corrected chi connectivity index (χ2v) is 6.17. The number of nitrogens with two attached hydrogens (primary N) is 1. The summed E-state index contributed by atoms with van der Waals surface area (Å²) >= 11 is 1.14. The van der Waals surface area contributed by atoms with Crippen molar-refractivity contribution in [3.8, 4) is 0 Å². The summed E-state index contributed by atoms with van der Waals surface area (Å²) in [5.41, 5.74) is 5.99. The first kappa shape index (κ1) is 15.6. The number of hydrogen-bond acceptors (Lipinski definition) is 4. The van der Waals surface area contributed by atoms with E-state index in [9.17, 15) is 9.59 Å². The van der Waals surface area contributed by atoms with Crippen LogP contribution < -0.4 is 5.73 Å².